The topological polar surface area (TPSA) is 80.6 Å². The van der Waals surface area contributed by atoms with Gasteiger partial charge in [0.1, 0.15) is 10.3 Å². The molecule has 37 heavy (non-hydrogen) atoms. The van der Waals surface area contributed by atoms with Crippen molar-refractivity contribution < 1.29 is 9.59 Å². The number of aromatic amines is 1. The Morgan fingerprint density at radius 3 is 2.46 bits per heavy atom. The minimum Gasteiger partial charge on any atom is -0.352 e. The van der Waals surface area contributed by atoms with Crippen LogP contribution in [-0.4, -0.2) is 31.1 Å². The largest absolute Gasteiger partial charge is 0.352 e. The molecular weight excluding hydrogens is 507 g/mol. The van der Waals surface area contributed by atoms with Gasteiger partial charge in [0.05, 0.1) is 16.7 Å². The molecule has 6 nitrogen and oxygen atoms in total. The smallest absolute Gasteiger partial charge is 0.165 e. The van der Waals surface area contributed by atoms with Crippen molar-refractivity contribution >= 4 is 78.1 Å². The molecule has 0 aliphatic heterocycles. The predicted molar refractivity (Wildman–Crippen MR) is 147 cm³/mol. The fourth-order valence-electron chi connectivity index (χ4n) is 5.89. The number of aromatic nitrogens is 4. The summed E-state index contributed by atoms with van der Waals surface area (Å²) in [4.78, 5) is 35.6. The molecule has 0 radical (unpaired) electrons. The Kier molecular flexibility index (Phi) is 4.94. The number of pyridine rings is 2. The van der Waals surface area contributed by atoms with E-state index in [1.54, 1.807) is 6.20 Å². The van der Waals surface area contributed by atoms with Gasteiger partial charge in [0.2, 0.25) is 0 Å². The van der Waals surface area contributed by atoms with E-state index in [-0.39, 0.29) is 11.6 Å². The molecule has 8 rings (SSSR count). The summed E-state index contributed by atoms with van der Waals surface area (Å²) >= 11 is 12.0. The van der Waals surface area contributed by atoms with Gasteiger partial charge >= 0.3 is 0 Å². The van der Waals surface area contributed by atoms with Crippen LogP contribution in [0.1, 0.15) is 44.9 Å². The van der Waals surface area contributed by atoms with Crippen molar-refractivity contribution in [1.82, 2.24) is 19.5 Å². The highest BCUT2D eigenvalue weighted by Gasteiger charge is 2.28. The minimum atomic E-state index is 0.209. The van der Waals surface area contributed by atoms with Gasteiger partial charge < -0.3 is 9.55 Å². The molecule has 0 atom stereocenters. The molecule has 6 aromatic rings. The number of hydrogen-bond acceptors (Lipinski definition) is 4. The second kappa shape index (κ2) is 8.13. The molecule has 4 heterocycles. The number of carbonyl (C=O) groups is 2. The van der Waals surface area contributed by atoms with Crippen molar-refractivity contribution in [2.75, 3.05) is 0 Å². The first kappa shape index (κ1) is 22.5. The van der Waals surface area contributed by atoms with Crippen molar-refractivity contribution in [2.45, 2.75) is 25.7 Å². The van der Waals surface area contributed by atoms with Gasteiger partial charge in [-0.3, -0.25) is 14.6 Å². The molecule has 0 bridgehead atoms. The van der Waals surface area contributed by atoms with Crippen LogP contribution in [0.2, 0.25) is 10.3 Å². The van der Waals surface area contributed by atoms with Crippen LogP contribution in [0.25, 0.3) is 43.4 Å². The molecule has 0 saturated heterocycles. The summed E-state index contributed by atoms with van der Waals surface area (Å²) in [5.74, 6) is 0.459. The van der Waals surface area contributed by atoms with Gasteiger partial charge in [0, 0.05) is 81.4 Å². The third-order valence-electron chi connectivity index (χ3n) is 7.57. The summed E-state index contributed by atoms with van der Waals surface area (Å²) < 4.78 is 2.13. The van der Waals surface area contributed by atoms with Gasteiger partial charge in [-0.25, -0.2) is 4.98 Å². The summed E-state index contributed by atoms with van der Waals surface area (Å²) in [7, 11) is 2.02. The summed E-state index contributed by atoms with van der Waals surface area (Å²) in [6.45, 7) is 0. The van der Waals surface area contributed by atoms with Gasteiger partial charge in [-0.1, -0.05) is 47.5 Å². The summed E-state index contributed by atoms with van der Waals surface area (Å²) in [6, 6.07) is 11.7. The van der Waals surface area contributed by atoms with E-state index in [1.807, 2.05) is 49.6 Å². The van der Waals surface area contributed by atoms with Crippen molar-refractivity contribution in [1.29, 1.82) is 0 Å². The SMILES string of the molecule is Cn1c2c(c3ccc4cnc(Cl)cc4c31)C(=O)CC2.O=C1CCc2nc3c(ccc4c[nH]c(Cl)cc43)c21. The van der Waals surface area contributed by atoms with E-state index in [1.165, 1.54) is 0 Å². The monoisotopic (exact) mass is 526 g/mol. The van der Waals surface area contributed by atoms with Gasteiger partial charge in [-0.15, -0.1) is 0 Å². The molecule has 2 aliphatic carbocycles. The molecule has 182 valence electrons. The molecule has 1 N–H and O–H groups in total. The van der Waals surface area contributed by atoms with Crippen LogP contribution in [0.5, 0.6) is 0 Å². The van der Waals surface area contributed by atoms with Gasteiger partial charge in [0.15, 0.2) is 11.6 Å². The van der Waals surface area contributed by atoms with Crippen molar-refractivity contribution in [3.63, 3.8) is 0 Å². The highest BCUT2D eigenvalue weighted by molar-refractivity contribution is 6.31. The van der Waals surface area contributed by atoms with Crippen molar-refractivity contribution in [3.8, 4) is 0 Å². The minimum absolute atomic E-state index is 0.209. The number of benzene rings is 2. The van der Waals surface area contributed by atoms with Gasteiger partial charge in [0.25, 0.3) is 0 Å². The number of Topliss-reactive ketones (excluding diaryl/α,β-unsaturated/α-hetero) is 2. The second-order valence-electron chi connectivity index (χ2n) is 9.60. The lowest BCUT2D eigenvalue weighted by molar-refractivity contribution is 0.0988. The Morgan fingerprint density at radius 2 is 1.59 bits per heavy atom. The maximum atomic E-state index is 12.0. The molecule has 2 aromatic carbocycles. The third kappa shape index (κ3) is 3.32. The quantitative estimate of drug-likeness (QED) is 0.216. The maximum Gasteiger partial charge on any atom is 0.165 e. The van der Waals surface area contributed by atoms with Crippen molar-refractivity contribution in [2.24, 2.45) is 7.05 Å². The third-order valence-corrected chi connectivity index (χ3v) is 7.99. The summed E-state index contributed by atoms with van der Waals surface area (Å²) in [6.07, 6.45) is 6.45. The van der Waals surface area contributed by atoms with Crippen LogP contribution < -0.4 is 0 Å². The molecule has 2 aliphatic rings. The molecule has 0 fully saturated rings. The standard InChI is InChI=1S/C15H11ClN2O.C14H9ClN2O/c1-18-11-4-5-12(19)14(11)9-3-2-8-7-17-13(16)6-10(8)15(9)18;15-12-5-9-7(6-16-12)1-2-8-13-10(17-14(8)9)3-4-11(13)18/h2-3,6-7H,4-5H2,1H3;1-2,5-6,16H,3-4H2. The van der Waals surface area contributed by atoms with Crippen LogP contribution in [0, 0.1) is 0 Å². The number of carbonyl (C=O) groups excluding carboxylic acids is 2. The van der Waals surface area contributed by atoms with E-state index in [4.69, 9.17) is 23.2 Å². The zero-order valence-electron chi connectivity index (χ0n) is 19.9. The molecule has 4 aromatic heterocycles. The first-order chi connectivity index (χ1) is 17.9. The van der Waals surface area contributed by atoms with Crippen LogP contribution in [0.3, 0.4) is 0 Å². The number of halogens is 2. The Balaban J connectivity index is 0.000000125. The first-order valence-corrected chi connectivity index (χ1v) is 12.9. The Hall–Kier alpha value is -3.74. The van der Waals surface area contributed by atoms with Crippen LogP contribution >= 0.6 is 23.2 Å². The number of rotatable bonds is 0. The molecular formula is C29H20Cl2N4O2. The fraction of sp³-hybridized carbons (Fsp3) is 0.172. The van der Waals surface area contributed by atoms with Crippen molar-refractivity contribution in [3.05, 3.63) is 81.6 Å². The van der Waals surface area contributed by atoms with Gasteiger partial charge in [-0.05, 0) is 25.0 Å². The number of nitrogens with one attached hydrogen (secondary N) is 1. The average Bonchev–Trinajstić information content (AvgIpc) is 3.63. The fourth-order valence-corrected chi connectivity index (χ4v) is 6.21. The number of nitrogens with zero attached hydrogens (tertiary/aromatic N) is 3. The lowest BCUT2D eigenvalue weighted by Gasteiger charge is -2.05. The van der Waals surface area contributed by atoms with E-state index in [0.29, 0.717) is 23.1 Å². The number of aryl methyl sites for hydroxylation is 2. The summed E-state index contributed by atoms with van der Waals surface area (Å²) in [5, 5.41) is 7.20. The predicted octanol–water partition coefficient (Wildman–Crippen LogP) is 7.01. The lowest BCUT2D eigenvalue weighted by Crippen LogP contribution is -1.94. The molecule has 0 amide bonds. The van der Waals surface area contributed by atoms with Crippen LogP contribution in [-0.2, 0) is 19.9 Å². The van der Waals surface area contributed by atoms with E-state index >= 15 is 0 Å². The highest BCUT2D eigenvalue weighted by Crippen LogP contribution is 2.37. The molecule has 0 spiro atoms. The first-order valence-electron chi connectivity index (χ1n) is 12.1. The Bertz CT molecular complexity index is 1970. The summed E-state index contributed by atoms with van der Waals surface area (Å²) in [5.41, 5.74) is 5.76. The number of H-pyrrole nitrogens is 1. The van der Waals surface area contributed by atoms with Gasteiger partial charge in [-0.2, -0.15) is 0 Å². The molecule has 0 unspecified atom stereocenters. The number of hydrogen-bond donors (Lipinski definition) is 1. The van der Waals surface area contributed by atoms with E-state index < -0.39 is 0 Å². The van der Waals surface area contributed by atoms with E-state index in [0.717, 1.165) is 78.7 Å². The zero-order valence-corrected chi connectivity index (χ0v) is 21.4. The number of fused-ring (bicyclic) bond motifs is 10. The van der Waals surface area contributed by atoms with E-state index in [9.17, 15) is 9.59 Å². The number of ketones is 2. The molecule has 8 heteroatoms. The zero-order chi connectivity index (χ0) is 25.4. The normalized spacial score (nSPS) is 14.6. The second-order valence-corrected chi connectivity index (χ2v) is 10.4. The Labute approximate surface area is 221 Å². The van der Waals surface area contributed by atoms with E-state index in [2.05, 4.69) is 19.5 Å². The molecule has 0 saturated carbocycles. The highest BCUT2D eigenvalue weighted by atomic mass is 35.5. The average molecular weight is 527 g/mol. The maximum absolute atomic E-state index is 12.0. The lowest BCUT2D eigenvalue weighted by atomic mass is 10.1. The Morgan fingerprint density at radius 1 is 0.838 bits per heavy atom. The van der Waals surface area contributed by atoms with Crippen LogP contribution in [0.15, 0.2) is 48.8 Å². The van der Waals surface area contributed by atoms with Crippen LogP contribution in [0.4, 0.5) is 0 Å².